The molecular formula is C18H22F3N3O4S. The molecule has 0 fully saturated rings. The van der Waals surface area contributed by atoms with E-state index in [0.29, 0.717) is 11.5 Å². The van der Waals surface area contributed by atoms with Gasteiger partial charge in [0.1, 0.15) is 16.3 Å². The molecule has 0 aliphatic carbocycles. The molecule has 0 bridgehead atoms. The highest BCUT2D eigenvalue weighted by Gasteiger charge is 2.42. The molecule has 0 unspecified atom stereocenters. The van der Waals surface area contributed by atoms with Crippen LogP contribution in [0.5, 0.6) is 5.75 Å². The van der Waals surface area contributed by atoms with Crippen molar-refractivity contribution in [1.29, 1.82) is 0 Å². The number of ether oxygens (including phenoxy) is 1. The van der Waals surface area contributed by atoms with E-state index in [9.17, 15) is 26.4 Å². The van der Waals surface area contributed by atoms with Crippen LogP contribution in [0.25, 0.3) is 0 Å². The maximum atomic E-state index is 12.5. The number of hydrogen-bond acceptors (Lipinski definition) is 6. The first kappa shape index (κ1) is 22.9. The molecule has 0 saturated carbocycles. The predicted molar refractivity (Wildman–Crippen MR) is 103 cm³/mol. The van der Waals surface area contributed by atoms with Crippen LogP contribution in [0.4, 0.5) is 13.2 Å². The Labute approximate surface area is 167 Å². The van der Waals surface area contributed by atoms with Crippen LogP contribution >= 0.6 is 0 Å². The Morgan fingerprint density at radius 1 is 1.17 bits per heavy atom. The van der Waals surface area contributed by atoms with Crippen LogP contribution in [-0.2, 0) is 14.6 Å². The normalized spacial score (nSPS) is 15.0. The van der Waals surface area contributed by atoms with Crippen LogP contribution in [0.2, 0.25) is 0 Å². The van der Waals surface area contributed by atoms with Gasteiger partial charge in [-0.3, -0.25) is 4.79 Å². The Bertz CT molecular complexity index is 921. The van der Waals surface area contributed by atoms with E-state index in [0.717, 1.165) is 19.4 Å². The largest absolute Gasteiger partial charge is 0.497 e. The zero-order valence-corrected chi connectivity index (χ0v) is 17.0. The van der Waals surface area contributed by atoms with Crippen molar-refractivity contribution in [2.45, 2.75) is 44.0 Å². The summed E-state index contributed by atoms with van der Waals surface area (Å²) in [7, 11) is -2.58. The summed E-state index contributed by atoms with van der Waals surface area (Å²) in [5.74, 6) is -0.777. The van der Waals surface area contributed by atoms with Gasteiger partial charge in [0.15, 0.2) is 9.84 Å². The van der Waals surface area contributed by atoms with Gasteiger partial charge < -0.3 is 10.1 Å². The van der Waals surface area contributed by atoms with Gasteiger partial charge in [-0.15, -0.1) is 5.10 Å². The molecule has 1 aliphatic rings. The summed E-state index contributed by atoms with van der Waals surface area (Å²) in [4.78, 5) is 12.5. The number of halogens is 3. The third kappa shape index (κ3) is 5.78. The van der Waals surface area contributed by atoms with Gasteiger partial charge in [0, 0.05) is 6.42 Å². The molecule has 11 heteroatoms. The Hall–Kier alpha value is -2.43. The molecule has 7 nitrogen and oxygen atoms in total. The van der Waals surface area contributed by atoms with Crippen molar-refractivity contribution >= 4 is 27.3 Å². The number of nitrogens with zero attached hydrogens (tertiary/aromatic N) is 2. The fourth-order valence-electron chi connectivity index (χ4n) is 2.50. The van der Waals surface area contributed by atoms with Crippen LogP contribution in [0.15, 0.2) is 34.5 Å². The molecule has 0 aromatic heterocycles. The zero-order chi connectivity index (χ0) is 21.9. The summed E-state index contributed by atoms with van der Waals surface area (Å²) in [6.07, 6.45) is -6.10. The number of carbonyl (C=O) groups is 1. The van der Waals surface area contributed by atoms with Gasteiger partial charge in [0.2, 0.25) is 5.91 Å². The Kier molecular flexibility index (Phi) is 6.71. The standard InChI is InChI=1S/C18H22F3N3O4S/c1-17(2,29(26,27)10-4-9-18(19,20)21)16(25)22-15-11-14(23-24-15)12-5-7-13(28-3)8-6-12/h5-8H,4,9-11H2,1-3H3,(H,22,24,25). The molecule has 2 rings (SSSR count). The molecule has 0 radical (unpaired) electrons. The summed E-state index contributed by atoms with van der Waals surface area (Å²) in [6.45, 7) is 2.32. The molecule has 160 valence electrons. The Morgan fingerprint density at radius 2 is 1.79 bits per heavy atom. The number of amides is 1. The molecule has 1 aliphatic heterocycles. The smallest absolute Gasteiger partial charge is 0.389 e. The number of methoxy groups -OCH3 is 1. The van der Waals surface area contributed by atoms with E-state index in [1.807, 2.05) is 0 Å². The first-order valence-corrected chi connectivity index (χ1v) is 10.4. The third-order valence-electron chi connectivity index (χ3n) is 4.51. The van der Waals surface area contributed by atoms with Gasteiger partial charge in [-0.2, -0.15) is 18.3 Å². The summed E-state index contributed by atoms with van der Waals surface area (Å²) in [5, 5.41) is 10.3. The predicted octanol–water partition coefficient (Wildman–Crippen LogP) is 2.85. The van der Waals surface area contributed by atoms with Gasteiger partial charge in [0.05, 0.1) is 25.0 Å². The van der Waals surface area contributed by atoms with Gasteiger partial charge in [0.25, 0.3) is 0 Å². The lowest BCUT2D eigenvalue weighted by Crippen LogP contribution is -2.50. The van der Waals surface area contributed by atoms with Crippen LogP contribution in [0.1, 0.15) is 38.7 Å². The molecule has 0 saturated heterocycles. The van der Waals surface area contributed by atoms with Crippen LogP contribution in [-0.4, -0.2) is 49.7 Å². The maximum Gasteiger partial charge on any atom is 0.389 e. The number of carbonyl (C=O) groups excluding carboxylic acids is 1. The summed E-state index contributed by atoms with van der Waals surface area (Å²) < 4.78 is 64.7. The number of nitrogens with one attached hydrogen (secondary N) is 1. The second-order valence-corrected chi connectivity index (χ2v) is 9.66. The lowest BCUT2D eigenvalue weighted by molar-refractivity contribution is -0.134. The van der Waals surface area contributed by atoms with Crippen molar-refractivity contribution in [3.8, 4) is 5.75 Å². The first-order valence-electron chi connectivity index (χ1n) is 8.74. The lowest BCUT2D eigenvalue weighted by Gasteiger charge is -2.23. The van der Waals surface area contributed by atoms with Crippen molar-refractivity contribution in [2.75, 3.05) is 12.9 Å². The highest BCUT2D eigenvalue weighted by molar-refractivity contribution is 7.93. The van der Waals surface area contributed by atoms with Crippen molar-refractivity contribution in [3.63, 3.8) is 0 Å². The van der Waals surface area contributed by atoms with Gasteiger partial charge in [-0.1, -0.05) is 0 Å². The topological polar surface area (TPSA) is 97.2 Å². The van der Waals surface area contributed by atoms with Crippen molar-refractivity contribution in [2.24, 2.45) is 10.2 Å². The average Bonchev–Trinajstić information content (AvgIpc) is 3.08. The number of rotatable bonds is 7. The van der Waals surface area contributed by atoms with Gasteiger partial charge >= 0.3 is 6.18 Å². The summed E-state index contributed by atoms with van der Waals surface area (Å²) in [5.41, 5.74) is 1.34. The van der Waals surface area contributed by atoms with Crippen LogP contribution < -0.4 is 10.1 Å². The summed E-state index contributed by atoms with van der Waals surface area (Å²) in [6, 6.07) is 7.02. The molecule has 29 heavy (non-hydrogen) atoms. The molecule has 0 atom stereocenters. The summed E-state index contributed by atoms with van der Waals surface area (Å²) >= 11 is 0. The molecule has 1 amide bonds. The van der Waals surface area contributed by atoms with Crippen molar-refractivity contribution in [1.82, 2.24) is 5.32 Å². The Balaban J connectivity index is 1.96. The minimum Gasteiger partial charge on any atom is -0.497 e. The van der Waals surface area contributed by atoms with E-state index >= 15 is 0 Å². The number of hydrogen-bond donors (Lipinski definition) is 1. The second kappa shape index (κ2) is 8.52. The van der Waals surface area contributed by atoms with Crippen LogP contribution in [0.3, 0.4) is 0 Å². The number of sulfone groups is 1. The zero-order valence-electron chi connectivity index (χ0n) is 16.2. The SMILES string of the molecule is COc1ccc(C2=NN=C(NC(=O)C(C)(C)S(=O)(=O)CCCC(F)(F)F)C2)cc1. The number of alkyl halides is 3. The molecule has 1 heterocycles. The van der Waals surface area contributed by atoms with E-state index in [1.165, 1.54) is 7.11 Å². The van der Waals surface area contributed by atoms with Crippen molar-refractivity contribution < 1.29 is 31.1 Å². The van der Waals surface area contributed by atoms with Gasteiger partial charge in [-0.25, -0.2) is 8.42 Å². The fraction of sp³-hybridized carbons (Fsp3) is 0.500. The van der Waals surface area contributed by atoms with Crippen LogP contribution in [0, 0.1) is 0 Å². The monoisotopic (exact) mass is 433 g/mol. The minimum atomic E-state index is -4.45. The third-order valence-corrected chi connectivity index (χ3v) is 7.07. The molecular weight excluding hydrogens is 411 g/mol. The van der Waals surface area contributed by atoms with E-state index in [4.69, 9.17) is 4.74 Å². The van der Waals surface area contributed by atoms with Crippen molar-refractivity contribution in [3.05, 3.63) is 29.8 Å². The first-order chi connectivity index (χ1) is 13.4. The lowest BCUT2D eigenvalue weighted by atomic mass is 10.1. The van der Waals surface area contributed by atoms with Gasteiger partial charge in [-0.05, 0) is 50.1 Å². The fourth-order valence-corrected chi connectivity index (χ4v) is 3.87. The van der Waals surface area contributed by atoms with E-state index in [-0.39, 0.29) is 12.3 Å². The molecule has 1 N–H and O–H groups in total. The minimum absolute atomic E-state index is 0.166. The number of benzene rings is 1. The molecule has 0 spiro atoms. The van der Waals surface area contributed by atoms with E-state index < -0.39 is 45.3 Å². The average molecular weight is 433 g/mol. The second-order valence-electron chi connectivity index (χ2n) is 7.00. The molecule has 1 aromatic carbocycles. The Morgan fingerprint density at radius 3 is 2.34 bits per heavy atom. The highest BCUT2D eigenvalue weighted by atomic mass is 32.2. The molecule has 1 aromatic rings. The van der Waals surface area contributed by atoms with E-state index in [1.54, 1.807) is 24.3 Å². The van der Waals surface area contributed by atoms with E-state index in [2.05, 4.69) is 15.5 Å². The highest BCUT2D eigenvalue weighted by Crippen LogP contribution is 2.25. The quantitative estimate of drug-likeness (QED) is 0.715. The number of amidine groups is 1. The maximum absolute atomic E-state index is 12.5.